The van der Waals surface area contributed by atoms with Gasteiger partial charge in [0, 0.05) is 25.2 Å². The molecule has 168 valence electrons. The smallest absolute Gasteiger partial charge is 0.242 e. The quantitative estimate of drug-likeness (QED) is 0.726. The number of halogens is 1. The van der Waals surface area contributed by atoms with Gasteiger partial charge in [0.2, 0.25) is 11.8 Å². The molecule has 3 saturated heterocycles. The van der Waals surface area contributed by atoms with Crippen molar-refractivity contribution in [3.63, 3.8) is 0 Å². The number of hydrogen-bond donors (Lipinski definition) is 1. The minimum Gasteiger partial charge on any atom is -0.330 e. The van der Waals surface area contributed by atoms with E-state index in [1.54, 1.807) is 17.0 Å². The molecule has 3 aliphatic heterocycles. The molecule has 5 aliphatic rings. The number of benzene rings is 1. The number of fused-ring (bicyclic) bond motifs is 3. The lowest BCUT2D eigenvalue weighted by molar-refractivity contribution is -0.142. The molecule has 2 aliphatic carbocycles. The number of hydrogen-bond acceptors (Lipinski definition) is 5. The summed E-state index contributed by atoms with van der Waals surface area (Å²) in [5.41, 5.74) is 7.31. The molecule has 0 unspecified atom stereocenters. The Hall–Kier alpha value is -2.50. The Labute approximate surface area is 186 Å². The zero-order chi connectivity index (χ0) is 22.1. The number of carbonyl (C=O) groups excluding carboxylic acids is 2. The molecule has 3 heterocycles. The van der Waals surface area contributed by atoms with Crippen LogP contribution in [0.25, 0.3) is 0 Å². The highest BCUT2D eigenvalue weighted by Gasteiger charge is 2.57. The number of rotatable bonds is 6. The summed E-state index contributed by atoms with van der Waals surface area (Å²) in [7, 11) is 0. The molecule has 0 spiro atoms. The minimum atomic E-state index is -0.720. The lowest BCUT2D eigenvalue weighted by Crippen LogP contribution is -2.57. The first kappa shape index (κ1) is 20.1. The van der Waals surface area contributed by atoms with Gasteiger partial charge in [-0.05, 0) is 61.6 Å². The van der Waals surface area contributed by atoms with Gasteiger partial charge in [-0.25, -0.2) is 4.39 Å². The fourth-order valence-corrected chi connectivity index (χ4v) is 6.40. The highest BCUT2D eigenvalue weighted by Crippen LogP contribution is 2.50. The van der Waals surface area contributed by atoms with Crippen LogP contribution in [0.3, 0.4) is 0 Å². The van der Waals surface area contributed by atoms with Crippen molar-refractivity contribution >= 4 is 11.8 Å². The summed E-state index contributed by atoms with van der Waals surface area (Å²) < 4.78 is 13.4. The predicted molar refractivity (Wildman–Crippen MR) is 113 cm³/mol. The van der Waals surface area contributed by atoms with Crippen LogP contribution in [0, 0.1) is 29.0 Å². The largest absolute Gasteiger partial charge is 0.330 e. The molecular formula is C24H28FN5O2. The van der Waals surface area contributed by atoms with E-state index in [0.717, 1.165) is 37.7 Å². The van der Waals surface area contributed by atoms with Gasteiger partial charge in [0.25, 0.3) is 0 Å². The lowest BCUT2D eigenvalue weighted by Gasteiger charge is -2.40. The summed E-state index contributed by atoms with van der Waals surface area (Å²) in [5, 5.41) is 9.38. The predicted octanol–water partition coefficient (Wildman–Crippen LogP) is 1.40. The normalized spacial score (nSPS) is 35.0. The van der Waals surface area contributed by atoms with Gasteiger partial charge in [0.15, 0.2) is 0 Å². The molecule has 7 nitrogen and oxygen atoms in total. The zero-order valence-electron chi connectivity index (χ0n) is 17.9. The molecule has 0 radical (unpaired) electrons. The van der Waals surface area contributed by atoms with Crippen molar-refractivity contribution in [2.45, 2.75) is 68.4 Å². The van der Waals surface area contributed by atoms with Crippen molar-refractivity contribution in [2.24, 2.45) is 17.6 Å². The van der Waals surface area contributed by atoms with E-state index in [1.807, 2.05) is 4.90 Å². The van der Waals surface area contributed by atoms with E-state index >= 15 is 0 Å². The number of nitrogens with zero attached hydrogens (tertiary/aromatic N) is 4. The summed E-state index contributed by atoms with van der Waals surface area (Å²) in [5.74, 6) is 0.568. The van der Waals surface area contributed by atoms with Crippen LogP contribution in [-0.4, -0.2) is 69.8 Å². The number of nitriles is 1. The van der Waals surface area contributed by atoms with E-state index in [9.17, 15) is 19.2 Å². The Morgan fingerprint density at radius 1 is 1.22 bits per heavy atom. The Balaban J connectivity index is 1.14. The fraction of sp³-hybridized carbons (Fsp3) is 0.625. The van der Waals surface area contributed by atoms with Crippen LogP contribution >= 0.6 is 0 Å². The van der Waals surface area contributed by atoms with E-state index in [-0.39, 0.29) is 47.8 Å². The molecule has 5 fully saturated rings. The maximum atomic E-state index is 13.4. The maximum Gasteiger partial charge on any atom is 0.242 e. The van der Waals surface area contributed by atoms with Crippen molar-refractivity contribution in [1.29, 1.82) is 5.26 Å². The average molecular weight is 438 g/mol. The third-order valence-electron chi connectivity index (χ3n) is 8.15. The van der Waals surface area contributed by atoms with Crippen LogP contribution in [-0.2, 0) is 9.59 Å². The molecule has 7 atom stereocenters. The summed E-state index contributed by atoms with van der Waals surface area (Å²) >= 11 is 0. The van der Waals surface area contributed by atoms with E-state index < -0.39 is 6.04 Å². The van der Waals surface area contributed by atoms with Crippen LogP contribution in [0.5, 0.6) is 0 Å². The molecule has 0 aromatic heterocycles. The molecule has 2 bridgehead atoms. The zero-order valence-corrected chi connectivity index (χ0v) is 17.9. The van der Waals surface area contributed by atoms with E-state index in [2.05, 4.69) is 11.0 Å². The highest BCUT2D eigenvalue weighted by atomic mass is 19.1. The van der Waals surface area contributed by atoms with E-state index in [1.165, 1.54) is 12.1 Å². The number of nitrogens with two attached hydrogens (primary N) is 1. The van der Waals surface area contributed by atoms with Gasteiger partial charge in [-0.2, -0.15) is 5.26 Å². The molecule has 6 rings (SSSR count). The van der Waals surface area contributed by atoms with Gasteiger partial charge < -0.3 is 15.5 Å². The van der Waals surface area contributed by atoms with Crippen molar-refractivity contribution < 1.29 is 14.0 Å². The van der Waals surface area contributed by atoms with Crippen molar-refractivity contribution in [2.75, 3.05) is 13.1 Å². The van der Waals surface area contributed by atoms with E-state index in [4.69, 9.17) is 5.73 Å². The lowest BCUT2D eigenvalue weighted by atomic mass is 9.99. The first-order valence-corrected chi connectivity index (χ1v) is 11.8. The van der Waals surface area contributed by atoms with E-state index in [0.29, 0.717) is 24.9 Å². The number of piperazine rings is 1. The van der Waals surface area contributed by atoms with Gasteiger partial charge in [0.05, 0.1) is 24.2 Å². The third kappa shape index (κ3) is 3.13. The first-order chi connectivity index (χ1) is 15.5. The summed E-state index contributed by atoms with van der Waals surface area (Å²) in [6, 6.07) is 7.73. The van der Waals surface area contributed by atoms with Crippen LogP contribution < -0.4 is 5.73 Å². The van der Waals surface area contributed by atoms with Crippen molar-refractivity contribution in [3.05, 3.63) is 35.6 Å². The SMILES string of the molecule is N#C[C@@H]1C[C@@H]2C[C@@H]2N1C(=O)[C@@H](N)CN1C[C@@H]2C[C@H]1C(=O)N2[C@H](c1ccc(F)cc1)C1CC1. The molecule has 2 amide bonds. The molecule has 1 aromatic carbocycles. The number of likely N-dealkylation sites (tertiary alicyclic amines) is 3. The second-order valence-corrected chi connectivity index (χ2v) is 10.2. The summed E-state index contributed by atoms with van der Waals surface area (Å²) in [4.78, 5) is 32.2. The van der Waals surface area contributed by atoms with Crippen LogP contribution in [0.15, 0.2) is 24.3 Å². The number of amides is 2. The molecule has 2 saturated carbocycles. The van der Waals surface area contributed by atoms with Gasteiger partial charge in [-0.15, -0.1) is 0 Å². The summed E-state index contributed by atoms with van der Waals surface area (Å²) in [6.07, 6.45) is 4.66. The number of carbonyl (C=O) groups is 2. The summed E-state index contributed by atoms with van der Waals surface area (Å²) in [6.45, 7) is 1.05. The Bertz CT molecular complexity index is 989. The van der Waals surface area contributed by atoms with Gasteiger partial charge in [-0.3, -0.25) is 14.5 Å². The third-order valence-corrected chi connectivity index (χ3v) is 8.15. The maximum absolute atomic E-state index is 13.4. The van der Waals surface area contributed by atoms with Crippen molar-refractivity contribution in [1.82, 2.24) is 14.7 Å². The Kier molecular flexibility index (Phi) is 4.57. The van der Waals surface area contributed by atoms with Gasteiger partial charge >= 0.3 is 0 Å². The molecule has 2 N–H and O–H groups in total. The fourth-order valence-electron chi connectivity index (χ4n) is 6.40. The molecular weight excluding hydrogens is 409 g/mol. The second-order valence-electron chi connectivity index (χ2n) is 10.2. The first-order valence-electron chi connectivity index (χ1n) is 11.8. The molecule has 8 heteroatoms. The number of piperidine rings is 1. The van der Waals surface area contributed by atoms with Crippen LogP contribution in [0.1, 0.15) is 43.7 Å². The standard InChI is InChI=1S/C24H28FN5O2/c25-16-5-3-14(4-6-16)22(13-1-2-13)30-18-9-21(24(30)32)28(11-18)12-19(27)23(31)29-17(10-26)7-15-8-20(15)29/h3-6,13,15,17-22H,1-2,7-9,11-12,27H2/t15-,17+,18+,19+,20+,21+,22+/m1/s1. The topological polar surface area (TPSA) is 93.7 Å². The monoisotopic (exact) mass is 437 g/mol. The van der Waals surface area contributed by atoms with Gasteiger partial charge in [0.1, 0.15) is 11.9 Å². The van der Waals surface area contributed by atoms with Crippen LogP contribution in [0.2, 0.25) is 0 Å². The average Bonchev–Trinajstić information content (AvgIpc) is 3.67. The second kappa shape index (κ2) is 7.26. The van der Waals surface area contributed by atoms with Crippen molar-refractivity contribution in [3.8, 4) is 6.07 Å². The molecule has 32 heavy (non-hydrogen) atoms. The Morgan fingerprint density at radius 3 is 2.62 bits per heavy atom. The van der Waals surface area contributed by atoms with Crippen LogP contribution in [0.4, 0.5) is 4.39 Å². The highest BCUT2D eigenvalue weighted by molar-refractivity contribution is 5.87. The molecule has 1 aromatic rings. The Morgan fingerprint density at radius 2 is 1.97 bits per heavy atom. The minimum absolute atomic E-state index is 0.00309. The van der Waals surface area contributed by atoms with Gasteiger partial charge in [-0.1, -0.05) is 12.1 Å².